The van der Waals surface area contributed by atoms with E-state index in [9.17, 15) is 4.79 Å². The molecule has 0 saturated heterocycles. The van der Waals surface area contributed by atoms with Crippen LogP contribution in [0.5, 0.6) is 11.5 Å². The number of aromatic nitrogens is 2. The molecule has 0 saturated carbocycles. The van der Waals surface area contributed by atoms with Gasteiger partial charge in [-0.25, -0.2) is 4.98 Å². The number of nitrogens with zero attached hydrogens (tertiary/aromatic N) is 3. The van der Waals surface area contributed by atoms with Crippen molar-refractivity contribution in [2.45, 2.75) is 33.3 Å². The van der Waals surface area contributed by atoms with E-state index in [1.807, 2.05) is 73.7 Å². The van der Waals surface area contributed by atoms with Crippen LogP contribution in [0, 0.1) is 6.92 Å². The van der Waals surface area contributed by atoms with E-state index in [4.69, 9.17) is 14.5 Å². The highest BCUT2D eigenvalue weighted by atomic mass is 79.9. The number of rotatable bonds is 8. The van der Waals surface area contributed by atoms with Gasteiger partial charge in [-0.3, -0.25) is 4.79 Å². The molecular formula is C33H29Br2N3O3. The van der Waals surface area contributed by atoms with Crippen molar-refractivity contribution in [2.75, 3.05) is 7.11 Å². The van der Waals surface area contributed by atoms with E-state index in [0.29, 0.717) is 23.3 Å². The van der Waals surface area contributed by atoms with Gasteiger partial charge in [-0.1, -0.05) is 63.9 Å². The van der Waals surface area contributed by atoms with Crippen molar-refractivity contribution in [3.8, 4) is 22.9 Å². The van der Waals surface area contributed by atoms with Crippen LogP contribution in [-0.2, 0) is 6.61 Å². The Morgan fingerprint density at radius 3 is 2.46 bits per heavy atom. The highest BCUT2D eigenvalue weighted by Gasteiger charge is 2.18. The van der Waals surface area contributed by atoms with Gasteiger partial charge in [0.15, 0.2) is 5.82 Å². The lowest BCUT2D eigenvalue weighted by Gasteiger charge is -2.17. The summed E-state index contributed by atoms with van der Waals surface area (Å²) in [6, 6.07) is 25.0. The Bertz CT molecular complexity index is 1810. The zero-order chi connectivity index (χ0) is 29.1. The first-order chi connectivity index (χ1) is 19.7. The minimum Gasteiger partial charge on any atom is -0.496 e. The molecule has 8 heteroatoms. The van der Waals surface area contributed by atoms with Gasteiger partial charge in [0.25, 0.3) is 5.56 Å². The maximum absolute atomic E-state index is 13.7. The molecule has 4 aromatic carbocycles. The summed E-state index contributed by atoms with van der Waals surface area (Å²) in [7, 11) is 1.67. The molecule has 0 aliphatic heterocycles. The van der Waals surface area contributed by atoms with Crippen molar-refractivity contribution in [3.63, 3.8) is 0 Å². The molecule has 0 N–H and O–H groups in total. The zero-order valence-corrected chi connectivity index (χ0v) is 26.4. The lowest BCUT2D eigenvalue weighted by Crippen LogP contribution is -2.20. The smallest absolute Gasteiger partial charge is 0.282 e. The number of benzene rings is 4. The van der Waals surface area contributed by atoms with Crippen LogP contribution in [0.3, 0.4) is 0 Å². The standard InChI is InChI=1S/C33H29Br2N3O3/c1-20(2)27-17-28(21(3)15-31(27)40-4)32-37-30-8-6-5-7-26(30)33(39)38(32)36-18-22-9-13-25(14-10-22)41-19-23-11-12-24(34)16-29(23)35/h5-18,20H,19H2,1-4H3. The summed E-state index contributed by atoms with van der Waals surface area (Å²) in [6.45, 7) is 6.65. The third kappa shape index (κ3) is 6.29. The fourth-order valence-electron chi connectivity index (χ4n) is 4.55. The molecule has 0 atom stereocenters. The van der Waals surface area contributed by atoms with E-state index in [1.165, 1.54) is 4.68 Å². The lowest BCUT2D eigenvalue weighted by molar-refractivity contribution is 0.305. The second-order valence-corrected chi connectivity index (χ2v) is 11.7. The predicted molar refractivity (Wildman–Crippen MR) is 172 cm³/mol. The second-order valence-electron chi connectivity index (χ2n) is 9.97. The molecule has 0 radical (unpaired) electrons. The number of aryl methyl sites for hydroxylation is 1. The molecule has 0 amide bonds. The molecule has 5 aromatic rings. The highest BCUT2D eigenvalue weighted by molar-refractivity contribution is 9.11. The van der Waals surface area contributed by atoms with Crippen LogP contribution in [0.2, 0.25) is 0 Å². The Hall–Kier alpha value is -3.75. The second kappa shape index (κ2) is 12.4. The molecule has 0 fully saturated rings. The topological polar surface area (TPSA) is 65.7 Å². The predicted octanol–water partition coefficient (Wildman–Crippen LogP) is 8.49. The minimum atomic E-state index is -0.233. The Morgan fingerprint density at radius 2 is 1.76 bits per heavy atom. The van der Waals surface area contributed by atoms with Crippen molar-refractivity contribution < 1.29 is 9.47 Å². The van der Waals surface area contributed by atoms with Crippen molar-refractivity contribution in [2.24, 2.45) is 5.10 Å². The van der Waals surface area contributed by atoms with E-state index in [2.05, 4.69) is 56.9 Å². The van der Waals surface area contributed by atoms with Gasteiger partial charge in [0.2, 0.25) is 0 Å². The summed E-state index contributed by atoms with van der Waals surface area (Å²) >= 11 is 7.04. The number of fused-ring (bicyclic) bond motifs is 1. The number of halogens is 2. The molecular weight excluding hydrogens is 646 g/mol. The third-order valence-electron chi connectivity index (χ3n) is 6.81. The first-order valence-corrected chi connectivity index (χ1v) is 14.8. The van der Waals surface area contributed by atoms with E-state index in [-0.39, 0.29) is 11.5 Å². The average Bonchev–Trinajstić information content (AvgIpc) is 2.96. The Balaban J connectivity index is 1.50. The van der Waals surface area contributed by atoms with Crippen molar-refractivity contribution in [1.29, 1.82) is 0 Å². The zero-order valence-electron chi connectivity index (χ0n) is 23.2. The normalized spacial score (nSPS) is 11.5. The van der Waals surface area contributed by atoms with Gasteiger partial charge in [0.1, 0.15) is 18.1 Å². The maximum atomic E-state index is 13.7. The van der Waals surface area contributed by atoms with Crippen LogP contribution in [0.1, 0.15) is 42.0 Å². The molecule has 0 unspecified atom stereocenters. The molecule has 41 heavy (non-hydrogen) atoms. The van der Waals surface area contributed by atoms with Crippen molar-refractivity contribution >= 4 is 49.0 Å². The Kier molecular flexibility index (Phi) is 8.71. The fourth-order valence-corrected chi connectivity index (χ4v) is 5.71. The van der Waals surface area contributed by atoms with Crippen LogP contribution < -0.4 is 15.0 Å². The van der Waals surface area contributed by atoms with Gasteiger partial charge < -0.3 is 9.47 Å². The van der Waals surface area contributed by atoms with E-state index in [0.717, 1.165) is 48.3 Å². The van der Waals surface area contributed by atoms with Crippen LogP contribution in [0.25, 0.3) is 22.3 Å². The number of methoxy groups -OCH3 is 1. The quantitative estimate of drug-likeness (QED) is 0.155. The SMILES string of the molecule is COc1cc(C)c(-c2nc3ccccc3c(=O)n2N=Cc2ccc(OCc3ccc(Br)cc3Br)cc2)cc1C(C)C. The molecule has 5 rings (SSSR count). The monoisotopic (exact) mass is 673 g/mol. The number of ether oxygens (including phenoxy) is 2. The van der Waals surface area contributed by atoms with Gasteiger partial charge in [0.05, 0.1) is 24.2 Å². The molecule has 1 aromatic heterocycles. The van der Waals surface area contributed by atoms with E-state index >= 15 is 0 Å². The molecule has 0 spiro atoms. The largest absolute Gasteiger partial charge is 0.496 e. The lowest BCUT2D eigenvalue weighted by atomic mass is 9.96. The van der Waals surface area contributed by atoms with Gasteiger partial charge in [-0.2, -0.15) is 9.78 Å². The summed E-state index contributed by atoms with van der Waals surface area (Å²) in [5, 5.41) is 5.14. The number of para-hydroxylation sites is 1. The highest BCUT2D eigenvalue weighted by Crippen LogP contribution is 2.34. The number of hydrogen-bond acceptors (Lipinski definition) is 5. The summed E-state index contributed by atoms with van der Waals surface area (Å²) in [4.78, 5) is 18.6. The van der Waals surface area contributed by atoms with Crippen molar-refractivity contribution in [1.82, 2.24) is 9.66 Å². The summed E-state index contributed by atoms with van der Waals surface area (Å²) in [6.07, 6.45) is 1.67. The first kappa shape index (κ1) is 28.8. The van der Waals surface area contributed by atoms with E-state index < -0.39 is 0 Å². The summed E-state index contributed by atoms with van der Waals surface area (Å²) in [5.74, 6) is 2.25. The van der Waals surface area contributed by atoms with Crippen LogP contribution >= 0.6 is 31.9 Å². The number of hydrogen-bond donors (Lipinski definition) is 0. The van der Waals surface area contributed by atoms with Gasteiger partial charge in [-0.05, 0) is 90.2 Å². The van der Waals surface area contributed by atoms with Gasteiger partial charge in [0, 0.05) is 20.1 Å². The molecule has 208 valence electrons. The minimum absolute atomic E-state index is 0.221. The van der Waals surface area contributed by atoms with Gasteiger partial charge in [-0.15, -0.1) is 0 Å². The summed E-state index contributed by atoms with van der Waals surface area (Å²) in [5.41, 5.74) is 5.07. The Morgan fingerprint density at radius 1 is 1.00 bits per heavy atom. The molecule has 6 nitrogen and oxygen atoms in total. The van der Waals surface area contributed by atoms with E-state index in [1.54, 1.807) is 19.4 Å². The average molecular weight is 675 g/mol. The maximum Gasteiger partial charge on any atom is 0.282 e. The molecule has 1 heterocycles. The van der Waals surface area contributed by atoms with Crippen LogP contribution in [-0.4, -0.2) is 23.0 Å². The molecule has 0 bridgehead atoms. The van der Waals surface area contributed by atoms with Crippen LogP contribution in [0.15, 0.2) is 97.7 Å². The third-order valence-corrected chi connectivity index (χ3v) is 8.04. The summed E-state index contributed by atoms with van der Waals surface area (Å²) < 4.78 is 15.0. The molecule has 0 aliphatic carbocycles. The van der Waals surface area contributed by atoms with Crippen molar-refractivity contribution in [3.05, 3.63) is 120 Å². The van der Waals surface area contributed by atoms with Crippen LogP contribution in [0.4, 0.5) is 0 Å². The fraction of sp³-hybridized carbons (Fsp3) is 0.182. The van der Waals surface area contributed by atoms with Gasteiger partial charge >= 0.3 is 0 Å². The molecule has 0 aliphatic rings. The Labute approximate surface area is 255 Å². The first-order valence-electron chi connectivity index (χ1n) is 13.2.